The molecular formula is C22H40N4O6. The molecule has 184 valence electrons. The van der Waals surface area contributed by atoms with E-state index < -0.39 is 5.97 Å². The van der Waals surface area contributed by atoms with Gasteiger partial charge < -0.3 is 15.2 Å². The quantitative estimate of drug-likeness (QED) is 0.340. The second-order valence-corrected chi connectivity index (χ2v) is 8.45. The first-order chi connectivity index (χ1) is 15.2. The van der Waals surface area contributed by atoms with E-state index in [0.717, 1.165) is 0 Å². The highest BCUT2D eigenvalue weighted by atomic mass is 16.5. The Morgan fingerprint density at radius 3 is 1.91 bits per heavy atom. The zero-order valence-electron chi connectivity index (χ0n) is 19.8. The molecule has 1 saturated heterocycles. The standard InChI is InChI=1S/C22H40N4O6/c1-4-19(27)5-13-32-14-6-23-21(29)16-25-9-7-24(15-20(28)18(2)3)8-11-26(12-10-25)17-22(30)31/h18H,4-17H2,1-3H3,(H,23,29)(H,30,31). The average molecular weight is 457 g/mol. The Morgan fingerprint density at radius 2 is 1.41 bits per heavy atom. The largest absolute Gasteiger partial charge is 0.480 e. The van der Waals surface area contributed by atoms with E-state index in [1.807, 2.05) is 35.5 Å². The maximum absolute atomic E-state index is 12.4. The number of carboxylic acids is 1. The summed E-state index contributed by atoms with van der Waals surface area (Å²) in [6, 6.07) is 0. The molecule has 1 amide bonds. The number of carbonyl (C=O) groups excluding carboxylic acids is 3. The minimum absolute atomic E-state index is 0.0538. The minimum Gasteiger partial charge on any atom is -0.480 e. The second-order valence-electron chi connectivity index (χ2n) is 8.45. The van der Waals surface area contributed by atoms with Gasteiger partial charge in [0.2, 0.25) is 5.91 Å². The van der Waals surface area contributed by atoms with E-state index in [0.29, 0.717) is 78.4 Å². The number of carboxylic acid groups (broad SMARTS) is 1. The highest BCUT2D eigenvalue weighted by Crippen LogP contribution is 2.03. The SMILES string of the molecule is CCC(=O)CCOCCNC(=O)CN1CCN(CC(=O)O)CCN(CC(=O)C(C)C)CC1. The zero-order chi connectivity index (χ0) is 23.9. The van der Waals surface area contributed by atoms with Gasteiger partial charge in [-0.1, -0.05) is 20.8 Å². The maximum Gasteiger partial charge on any atom is 0.317 e. The fourth-order valence-corrected chi connectivity index (χ4v) is 3.24. The molecule has 1 heterocycles. The van der Waals surface area contributed by atoms with Crippen molar-refractivity contribution in [1.29, 1.82) is 0 Å². The number of hydrogen-bond acceptors (Lipinski definition) is 8. The van der Waals surface area contributed by atoms with Crippen molar-refractivity contribution in [3.63, 3.8) is 0 Å². The van der Waals surface area contributed by atoms with E-state index in [1.165, 1.54) is 0 Å². The molecular weight excluding hydrogens is 416 g/mol. The van der Waals surface area contributed by atoms with Crippen LogP contribution in [0.5, 0.6) is 0 Å². The molecule has 0 aromatic heterocycles. The second kappa shape index (κ2) is 15.8. The number of Topliss-reactive ketones (excluding diaryl/α,β-unsaturated/α-hetero) is 2. The normalized spacial score (nSPS) is 16.9. The summed E-state index contributed by atoms with van der Waals surface area (Å²) >= 11 is 0. The highest BCUT2D eigenvalue weighted by Gasteiger charge is 2.21. The minimum atomic E-state index is -0.890. The molecule has 1 aliphatic rings. The molecule has 0 aromatic carbocycles. The van der Waals surface area contributed by atoms with Crippen LogP contribution < -0.4 is 5.32 Å². The zero-order valence-corrected chi connectivity index (χ0v) is 19.8. The monoisotopic (exact) mass is 456 g/mol. The molecule has 0 aliphatic carbocycles. The summed E-state index contributed by atoms with van der Waals surface area (Å²) in [4.78, 5) is 52.9. The van der Waals surface area contributed by atoms with E-state index in [4.69, 9.17) is 4.74 Å². The third-order valence-electron chi connectivity index (χ3n) is 5.43. The van der Waals surface area contributed by atoms with Crippen LogP contribution in [0, 0.1) is 5.92 Å². The van der Waals surface area contributed by atoms with Gasteiger partial charge in [-0.2, -0.15) is 0 Å². The Bertz CT molecular complexity index is 613. The van der Waals surface area contributed by atoms with Crippen LogP contribution in [0.15, 0.2) is 0 Å². The van der Waals surface area contributed by atoms with Crippen LogP contribution in [0.25, 0.3) is 0 Å². The van der Waals surface area contributed by atoms with E-state index in [1.54, 1.807) is 0 Å². The third kappa shape index (κ3) is 12.8. The van der Waals surface area contributed by atoms with Crippen molar-refractivity contribution in [3.8, 4) is 0 Å². The Hall–Kier alpha value is -1.88. The predicted molar refractivity (Wildman–Crippen MR) is 121 cm³/mol. The number of hydrogen-bond donors (Lipinski definition) is 2. The third-order valence-corrected chi connectivity index (χ3v) is 5.43. The summed E-state index contributed by atoms with van der Waals surface area (Å²) in [7, 11) is 0. The van der Waals surface area contributed by atoms with E-state index in [2.05, 4.69) is 5.32 Å². The molecule has 0 aromatic rings. The van der Waals surface area contributed by atoms with Crippen LogP contribution in [0.3, 0.4) is 0 Å². The molecule has 32 heavy (non-hydrogen) atoms. The first kappa shape index (κ1) is 28.2. The Kier molecular flexibility index (Phi) is 13.9. The molecule has 2 N–H and O–H groups in total. The van der Waals surface area contributed by atoms with Gasteiger partial charge >= 0.3 is 5.97 Å². The Labute approximate surface area is 191 Å². The number of rotatable bonds is 14. The Morgan fingerprint density at radius 1 is 0.875 bits per heavy atom. The lowest BCUT2D eigenvalue weighted by atomic mass is 10.1. The van der Waals surface area contributed by atoms with Crippen LogP contribution in [-0.4, -0.2) is 122 Å². The first-order valence-corrected chi connectivity index (χ1v) is 11.5. The number of amides is 1. The van der Waals surface area contributed by atoms with Crippen molar-refractivity contribution in [2.75, 3.05) is 78.7 Å². The van der Waals surface area contributed by atoms with Crippen molar-refractivity contribution in [3.05, 3.63) is 0 Å². The van der Waals surface area contributed by atoms with Gasteiger partial charge in [0.1, 0.15) is 11.6 Å². The molecule has 10 nitrogen and oxygen atoms in total. The lowest BCUT2D eigenvalue weighted by Gasteiger charge is -2.25. The highest BCUT2D eigenvalue weighted by molar-refractivity contribution is 5.82. The summed E-state index contributed by atoms with van der Waals surface area (Å²) < 4.78 is 5.37. The smallest absolute Gasteiger partial charge is 0.317 e. The predicted octanol–water partition coefficient (Wildman–Crippen LogP) is -0.282. The van der Waals surface area contributed by atoms with Gasteiger partial charge in [-0.15, -0.1) is 0 Å². The fraction of sp³-hybridized carbons (Fsp3) is 0.818. The molecule has 0 bridgehead atoms. The molecule has 1 fully saturated rings. The van der Waals surface area contributed by atoms with Crippen LogP contribution >= 0.6 is 0 Å². The fourth-order valence-electron chi connectivity index (χ4n) is 3.24. The summed E-state index contributed by atoms with van der Waals surface area (Å²) in [6.07, 6.45) is 0.893. The first-order valence-electron chi connectivity index (χ1n) is 11.5. The summed E-state index contributed by atoms with van der Waals surface area (Å²) in [5.41, 5.74) is 0. The molecule has 0 spiro atoms. The average Bonchev–Trinajstić information content (AvgIpc) is 2.82. The molecule has 1 aliphatic heterocycles. The maximum atomic E-state index is 12.4. The van der Waals surface area contributed by atoms with Crippen LogP contribution in [-0.2, 0) is 23.9 Å². The van der Waals surface area contributed by atoms with Crippen molar-refractivity contribution >= 4 is 23.4 Å². The van der Waals surface area contributed by atoms with Gasteiger partial charge in [0.25, 0.3) is 0 Å². The van der Waals surface area contributed by atoms with Crippen molar-refractivity contribution in [1.82, 2.24) is 20.0 Å². The number of ether oxygens (including phenoxy) is 1. The number of aliphatic carboxylic acids is 1. The number of nitrogens with one attached hydrogen (secondary N) is 1. The lowest BCUT2D eigenvalue weighted by molar-refractivity contribution is -0.138. The van der Waals surface area contributed by atoms with Crippen molar-refractivity contribution < 1.29 is 29.0 Å². The molecule has 0 atom stereocenters. The topological polar surface area (TPSA) is 119 Å². The molecule has 10 heteroatoms. The Balaban J connectivity index is 2.52. The van der Waals surface area contributed by atoms with Gasteiger partial charge in [-0.05, 0) is 0 Å². The van der Waals surface area contributed by atoms with Gasteiger partial charge in [0.05, 0.1) is 32.8 Å². The summed E-state index contributed by atoms with van der Waals surface area (Å²) in [5.74, 6) is -0.768. The molecule has 0 saturated carbocycles. The lowest BCUT2D eigenvalue weighted by Crippen LogP contribution is -2.44. The van der Waals surface area contributed by atoms with Gasteiger partial charge in [0, 0.05) is 64.6 Å². The van der Waals surface area contributed by atoms with Gasteiger partial charge in [-0.25, -0.2) is 0 Å². The number of carbonyl (C=O) groups is 4. The van der Waals surface area contributed by atoms with Gasteiger partial charge in [-0.3, -0.25) is 33.9 Å². The van der Waals surface area contributed by atoms with Crippen LogP contribution in [0.4, 0.5) is 0 Å². The molecule has 0 unspecified atom stereocenters. The van der Waals surface area contributed by atoms with E-state index in [9.17, 15) is 24.3 Å². The summed E-state index contributed by atoms with van der Waals surface area (Å²) in [6.45, 7) is 10.7. The van der Waals surface area contributed by atoms with Crippen molar-refractivity contribution in [2.24, 2.45) is 5.92 Å². The van der Waals surface area contributed by atoms with Crippen LogP contribution in [0.2, 0.25) is 0 Å². The van der Waals surface area contributed by atoms with Gasteiger partial charge in [0.15, 0.2) is 0 Å². The number of nitrogens with zero attached hydrogens (tertiary/aromatic N) is 3. The van der Waals surface area contributed by atoms with E-state index >= 15 is 0 Å². The molecule has 0 radical (unpaired) electrons. The van der Waals surface area contributed by atoms with Crippen LogP contribution in [0.1, 0.15) is 33.6 Å². The molecule has 1 rings (SSSR count). The van der Waals surface area contributed by atoms with E-state index in [-0.39, 0.29) is 36.5 Å². The van der Waals surface area contributed by atoms with Crippen molar-refractivity contribution in [2.45, 2.75) is 33.6 Å². The number of ketones is 2. The summed E-state index contributed by atoms with van der Waals surface area (Å²) in [5, 5.41) is 12.0.